The summed E-state index contributed by atoms with van der Waals surface area (Å²) < 4.78 is 0. The van der Waals surface area contributed by atoms with E-state index >= 15 is 0 Å². The molecule has 5 heteroatoms. The average molecular weight is 287 g/mol. The van der Waals surface area contributed by atoms with Crippen molar-refractivity contribution in [3.8, 4) is 0 Å². The number of anilines is 1. The maximum absolute atomic E-state index is 11.8. The van der Waals surface area contributed by atoms with Crippen molar-refractivity contribution in [1.29, 1.82) is 0 Å². The standard InChI is InChI=1S/C16H21N3O2/c1-11(12-4-2-3-5-12)10-18-16(21)19-15(20)13-6-8-14(17)9-7-13/h6-10,12H,2-5,17H2,1H3,(H2,18,19,20,21)/b11-10+. The molecule has 0 radical (unpaired) electrons. The number of nitrogen functional groups attached to an aromatic ring is 1. The fraction of sp³-hybridized carbons (Fsp3) is 0.375. The summed E-state index contributed by atoms with van der Waals surface area (Å²) in [6.07, 6.45) is 6.54. The minimum absolute atomic E-state index is 0.399. The first-order chi connectivity index (χ1) is 10.1. The van der Waals surface area contributed by atoms with Crippen LogP contribution in [-0.4, -0.2) is 11.9 Å². The van der Waals surface area contributed by atoms with Crippen LogP contribution in [0.1, 0.15) is 43.0 Å². The van der Waals surface area contributed by atoms with Crippen LogP contribution in [0.3, 0.4) is 0 Å². The molecule has 1 aliphatic rings. The van der Waals surface area contributed by atoms with Crippen LogP contribution in [0, 0.1) is 5.92 Å². The van der Waals surface area contributed by atoms with E-state index in [0.29, 0.717) is 17.2 Å². The quantitative estimate of drug-likeness (QED) is 0.747. The van der Waals surface area contributed by atoms with E-state index in [1.807, 2.05) is 6.92 Å². The van der Waals surface area contributed by atoms with E-state index < -0.39 is 11.9 Å². The number of hydrogen-bond donors (Lipinski definition) is 3. The van der Waals surface area contributed by atoms with Gasteiger partial charge in [0.15, 0.2) is 0 Å². The van der Waals surface area contributed by atoms with Gasteiger partial charge in [0.1, 0.15) is 0 Å². The third-order valence-electron chi connectivity index (χ3n) is 3.83. The Morgan fingerprint density at radius 3 is 2.43 bits per heavy atom. The van der Waals surface area contributed by atoms with E-state index in [0.717, 1.165) is 5.57 Å². The Labute approximate surface area is 124 Å². The monoisotopic (exact) mass is 287 g/mol. The molecular formula is C16H21N3O2. The van der Waals surface area contributed by atoms with Gasteiger partial charge in [0, 0.05) is 17.5 Å². The zero-order valence-electron chi connectivity index (χ0n) is 12.2. The number of carbonyl (C=O) groups is 2. The molecule has 0 aliphatic heterocycles. The van der Waals surface area contributed by atoms with Crippen molar-refractivity contribution >= 4 is 17.6 Å². The summed E-state index contributed by atoms with van der Waals surface area (Å²) in [6, 6.07) is 5.89. The number of hydrogen-bond acceptors (Lipinski definition) is 3. The van der Waals surface area contributed by atoms with Crippen molar-refractivity contribution in [1.82, 2.24) is 10.6 Å². The average Bonchev–Trinajstić information content (AvgIpc) is 2.99. The molecule has 0 heterocycles. The Morgan fingerprint density at radius 1 is 1.19 bits per heavy atom. The van der Waals surface area contributed by atoms with Crippen molar-refractivity contribution in [3.05, 3.63) is 41.6 Å². The molecule has 5 nitrogen and oxygen atoms in total. The highest BCUT2D eigenvalue weighted by Gasteiger charge is 2.16. The Morgan fingerprint density at radius 2 is 1.81 bits per heavy atom. The zero-order chi connectivity index (χ0) is 15.2. The molecule has 3 amide bonds. The number of urea groups is 1. The van der Waals surface area contributed by atoms with E-state index in [1.165, 1.54) is 25.7 Å². The molecule has 112 valence electrons. The van der Waals surface area contributed by atoms with Crippen LogP contribution in [-0.2, 0) is 0 Å². The van der Waals surface area contributed by atoms with Gasteiger partial charge in [0.25, 0.3) is 5.91 Å². The third-order valence-corrected chi connectivity index (χ3v) is 3.83. The smallest absolute Gasteiger partial charge is 0.325 e. The first kappa shape index (κ1) is 15.1. The first-order valence-electron chi connectivity index (χ1n) is 7.20. The number of nitrogens with one attached hydrogen (secondary N) is 2. The zero-order valence-corrected chi connectivity index (χ0v) is 12.2. The Kier molecular flexibility index (Phi) is 4.98. The summed E-state index contributed by atoms with van der Waals surface area (Å²) in [5.74, 6) is 0.109. The van der Waals surface area contributed by atoms with Crippen molar-refractivity contribution in [2.75, 3.05) is 5.73 Å². The summed E-state index contributed by atoms with van der Waals surface area (Å²) in [6.45, 7) is 2.01. The van der Waals surface area contributed by atoms with E-state index in [2.05, 4.69) is 10.6 Å². The van der Waals surface area contributed by atoms with Crippen molar-refractivity contribution < 1.29 is 9.59 Å². The van der Waals surface area contributed by atoms with Gasteiger partial charge in [-0.1, -0.05) is 18.4 Å². The van der Waals surface area contributed by atoms with E-state index in [9.17, 15) is 9.59 Å². The molecule has 4 N–H and O–H groups in total. The Balaban J connectivity index is 1.85. The second kappa shape index (κ2) is 6.92. The fourth-order valence-corrected chi connectivity index (χ4v) is 2.52. The Hall–Kier alpha value is -2.30. The molecule has 1 saturated carbocycles. The number of carbonyl (C=O) groups excluding carboxylic acids is 2. The van der Waals surface area contributed by atoms with Crippen molar-refractivity contribution in [2.45, 2.75) is 32.6 Å². The minimum Gasteiger partial charge on any atom is -0.399 e. The van der Waals surface area contributed by atoms with Gasteiger partial charge >= 0.3 is 6.03 Å². The number of rotatable bonds is 3. The van der Waals surface area contributed by atoms with Crippen LogP contribution >= 0.6 is 0 Å². The first-order valence-corrected chi connectivity index (χ1v) is 7.20. The lowest BCUT2D eigenvalue weighted by atomic mass is 10.0. The molecule has 1 aromatic carbocycles. The maximum atomic E-state index is 11.8. The fourth-order valence-electron chi connectivity index (χ4n) is 2.52. The highest BCUT2D eigenvalue weighted by molar-refractivity contribution is 6.04. The number of amides is 3. The van der Waals surface area contributed by atoms with Crippen LogP contribution < -0.4 is 16.4 Å². The highest BCUT2D eigenvalue weighted by atomic mass is 16.2. The van der Waals surface area contributed by atoms with Crippen molar-refractivity contribution in [2.24, 2.45) is 5.92 Å². The number of benzene rings is 1. The van der Waals surface area contributed by atoms with E-state index in [1.54, 1.807) is 30.5 Å². The molecule has 0 spiro atoms. The minimum atomic E-state index is -0.519. The van der Waals surface area contributed by atoms with Gasteiger partial charge in [-0.25, -0.2) is 4.79 Å². The summed E-state index contributed by atoms with van der Waals surface area (Å²) in [4.78, 5) is 23.5. The van der Waals surface area contributed by atoms with Gasteiger partial charge in [-0.05, 0) is 49.9 Å². The van der Waals surface area contributed by atoms with E-state index in [-0.39, 0.29) is 0 Å². The van der Waals surface area contributed by atoms with Crippen LogP contribution in [0.25, 0.3) is 0 Å². The molecular weight excluding hydrogens is 266 g/mol. The maximum Gasteiger partial charge on any atom is 0.325 e. The van der Waals surface area contributed by atoms with Crippen LogP contribution in [0.15, 0.2) is 36.0 Å². The summed E-state index contributed by atoms with van der Waals surface area (Å²) in [5, 5.41) is 4.90. The molecule has 1 aliphatic carbocycles. The van der Waals surface area contributed by atoms with Gasteiger partial charge in [0.05, 0.1) is 0 Å². The largest absolute Gasteiger partial charge is 0.399 e. The Bertz CT molecular complexity index is 543. The lowest BCUT2D eigenvalue weighted by Gasteiger charge is -2.10. The molecule has 1 fully saturated rings. The summed E-state index contributed by atoms with van der Waals surface area (Å²) in [5.41, 5.74) is 7.68. The number of allylic oxidation sites excluding steroid dienone is 1. The predicted octanol–water partition coefficient (Wildman–Crippen LogP) is 2.80. The van der Waals surface area contributed by atoms with Crippen LogP contribution in [0.2, 0.25) is 0 Å². The van der Waals surface area contributed by atoms with Gasteiger partial charge in [-0.2, -0.15) is 0 Å². The second-order valence-corrected chi connectivity index (χ2v) is 5.42. The lowest BCUT2D eigenvalue weighted by Crippen LogP contribution is -2.37. The third kappa shape index (κ3) is 4.34. The molecule has 0 aromatic heterocycles. The van der Waals surface area contributed by atoms with Gasteiger partial charge in [-0.15, -0.1) is 0 Å². The van der Waals surface area contributed by atoms with Gasteiger partial charge in [0.2, 0.25) is 0 Å². The molecule has 2 rings (SSSR count). The van der Waals surface area contributed by atoms with Gasteiger partial charge in [-0.3, -0.25) is 10.1 Å². The summed E-state index contributed by atoms with van der Waals surface area (Å²) >= 11 is 0. The topological polar surface area (TPSA) is 84.2 Å². The van der Waals surface area contributed by atoms with Crippen molar-refractivity contribution in [3.63, 3.8) is 0 Å². The molecule has 0 bridgehead atoms. The lowest BCUT2D eigenvalue weighted by molar-refractivity contribution is 0.0965. The van der Waals surface area contributed by atoms with Crippen LogP contribution in [0.4, 0.5) is 10.5 Å². The van der Waals surface area contributed by atoms with Gasteiger partial charge < -0.3 is 11.1 Å². The SMILES string of the molecule is C/C(=C\NC(=O)NC(=O)c1ccc(N)cc1)C1CCCC1. The molecule has 0 atom stereocenters. The molecule has 21 heavy (non-hydrogen) atoms. The molecule has 0 saturated heterocycles. The predicted molar refractivity (Wildman–Crippen MR) is 82.6 cm³/mol. The van der Waals surface area contributed by atoms with Crippen LogP contribution in [0.5, 0.6) is 0 Å². The number of nitrogens with two attached hydrogens (primary N) is 1. The molecule has 0 unspecified atom stereocenters. The summed E-state index contributed by atoms with van der Waals surface area (Å²) in [7, 11) is 0. The number of imide groups is 1. The van der Waals surface area contributed by atoms with E-state index in [4.69, 9.17) is 5.73 Å². The highest BCUT2D eigenvalue weighted by Crippen LogP contribution is 2.30. The normalized spacial score (nSPS) is 15.8. The molecule has 1 aromatic rings. The second-order valence-electron chi connectivity index (χ2n) is 5.42.